The molecule has 2 rings (SSSR count). The molecule has 1 aliphatic rings. The van der Waals surface area contributed by atoms with E-state index in [2.05, 4.69) is 0 Å². The van der Waals surface area contributed by atoms with Crippen molar-refractivity contribution in [3.63, 3.8) is 0 Å². The molecule has 1 N–H and O–H groups in total. The average Bonchev–Trinajstić information content (AvgIpc) is 2.16. The fourth-order valence-electron chi connectivity index (χ4n) is 1.81. The first kappa shape index (κ1) is 11.0. The van der Waals surface area contributed by atoms with Crippen LogP contribution in [0, 0.1) is 11.3 Å². The molecule has 1 aromatic rings. The average molecular weight is 237 g/mol. The molecule has 1 saturated carbocycles. The Morgan fingerprint density at radius 2 is 2.06 bits per heavy atom. The first-order valence-electron chi connectivity index (χ1n) is 4.97. The highest BCUT2D eigenvalue weighted by Gasteiger charge is 2.50. The molecule has 0 radical (unpaired) electrons. The molecule has 0 aliphatic heterocycles. The van der Waals surface area contributed by atoms with Crippen LogP contribution in [0.25, 0.3) is 0 Å². The molecule has 0 aromatic heterocycles. The summed E-state index contributed by atoms with van der Waals surface area (Å²) in [4.78, 5) is 0.0220. The second kappa shape index (κ2) is 3.49. The molecule has 84 valence electrons. The largest absolute Gasteiger partial charge is 0.508 e. The van der Waals surface area contributed by atoms with E-state index in [0.717, 1.165) is 6.42 Å². The molecule has 4 nitrogen and oxygen atoms in total. The van der Waals surface area contributed by atoms with Gasteiger partial charge in [-0.3, -0.25) is 0 Å². The zero-order chi connectivity index (χ0) is 11.8. The lowest BCUT2D eigenvalue weighted by Crippen LogP contribution is -2.43. The third kappa shape index (κ3) is 1.38. The second-order valence-corrected chi connectivity index (χ2v) is 6.22. The molecule has 0 saturated heterocycles. The topological polar surface area (TPSA) is 78.2 Å². The molecule has 16 heavy (non-hydrogen) atoms. The van der Waals surface area contributed by atoms with Crippen molar-refractivity contribution in [2.45, 2.75) is 28.9 Å². The summed E-state index contributed by atoms with van der Waals surface area (Å²) in [6.45, 7) is 0. The Morgan fingerprint density at radius 3 is 2.50 bits per heavy atom. The van der Waals surface area contributed by atoms with Gasteiger partial charge >= 0.3 is 0 Å². The minimum atomic E-state index is -3.66. The number of phenols is 1. The highest BCUT2D eigenvalue weighted by molar-refractivity contribution is 7.93. The Hall–Kier alpha value is -1.54. The number of phenolic OH excluding ortho intramolecular Hbond substituents is 1. The third-order valence-electron chi connectivity index (χ3n) is 3.01. The number of nitrogens with zero attached hydrogens (tertiary/aromatic N) is 1. The van der Waals surface area contributed by atoms with Crippen LogP contribution in [0.3, 0.4) is 0 Å². The molecule has 1 fully saturated rings. The van der Waals surface area contributed by atoms with Gasteiger partial charge in [-0.25, -0.2) is 8.42 Å². The third-order valence-corrected chi connectivity index (χ3v) is 5.41. The number of rotatable bonds is 2. The number of aromatic hydroxyl groups is 1. The van der Waals surface area contributed by atoms with Crippen LogP contribution in [0.15, 0.2) is 29.2 Å². The maximum Gasteiger partial charge on any atom is 0.197 e. The van der Waals surface area contributed by atoms with Crippen LogP contribution in [0.4, 0.5) is 0 Å². The van der Waals surface area contributed by atoms with Crippen molar-refractivity contribution in [3.05, 3.63) is 24.3 Å². The quantitative estimate of drug-likeness (QED) is 0.847. The lowest BCUT2D eigenvalue weighted by Gasteiger charge is -2.34. The lowest BCUT2D eigenvalue weighted by atomic mass is 9.86. The number of sulfone groups is 1. The fourth-order valence-corrected chi connectivity index (χ4v) is 3.75. The molecule has 0 bridgehead atoms. The Bertz CT molecular complexity index is 553. The number of nitriles is 1. The zero-order valence-corrected chi connectivity index (χ0v) is 9.37. The van der Waals surface area contributed by atoms with E-state index in [-0.39, 0.29) is 10.6 Å². The molecule has 0 atom stereocenters. The van der Waals surface area contributed by atoms with Crippen molar-refractivity contribution in [2.24, 2.45) is 0 Å². The van der Waals surface area contributed by atoms with Gasteiger partial charge in [-0.2, -0.15) is 5.26 Å². The van der Waals surface area contributed by atoms with Gasteiger partial charge in [0.1, 0.15) is 5.75 Å². The van der Waals surface area contributed by atoms with E-state index in [1.54, 1.807) is 0 Å². The zero-order valence-electron chi connectivity index (χ0n) is 8.55. The highest BCUT2D eigenvalue weighted by atomic mass is 32.2. The molecule has 0 unspecified atom stereocenters. The van der Waals surface area contributed by atoms with Gasteiger partial charge in [0.15, 0.2) is 14.6 Å². The Morgan fingerprint density at radius 1 is 1.38 bits per heavy atom. The summed E-state index contributed by atoms with van der Waals surface area (Å²) in [5.41, 5.74) is 0. The van der Waals surface area contributed by atoms with E-state index in [1.807, 2.05) is 6.07 Å². The van der Waals surface area contributed by atoms with Gasteiger partial charge in [0.25, 0.3) is 0 Å². The van der Waals surface area contributed by atoms with E-state index in [4.69, 9.17) is 5.26 Å². The van der Waals surface area contributed by atoms with Crippen molar-refractivity contribution < 1.29 is 13.5 Å². The van der Waals surface area contributed by atoms with Crippen LogP contribution in [-0.4, -0.2) is 18.3 Å². The summed E-state index contributed by atoms with van der Waals surface area (Å²) in [5.74, 6) is -0.103. The lowest BCUT2D eigenvalue weighted by molar-refractivity contribution is 0.406. The Labute approximate surface area is 94.1 Å². The highest BCUT2D eigenvalue weighted by Crippen LogP contribution is 2.42. The van der Waals surface area contributed by atoms with Gasteiger partial charge in [-0.05, 0) is 37.5 Å². The van der Waals surface area contributed by atoms with E-state index >= 15 is 0 Å². The van der Waals surface area contributed by atoms with E-state index in [1.165, 1.54) is 24.3 Å². The van der Waals surface area contributed by atoms with Crippen LogP contribution < -0.4 is 0 Å². The van der Waals surface area contributed by atoms with Crippen LogP contribution >= 0.6 is 0 Å². The molecule has 1 aliphatic carbocycles. The van der Waals surface area contributed by atoms with Crippen LogP contribution in [-0.2, 0) is 9.84 Å². The Balaban J connectivity index is 2.52. The monoisotopic (exact) mass is 237 g/mol. The molecular formula is C11H11NO3S. The molecule has 0 heterocycles. The van der Waals surface area contributed by atoms with Gasteiger partial charge in [0, 0.05) is 0 Å². The minimum absolute atomic E-state index is 0.0220. The van der Waals surface area contributed by atoms with Gasteiger partial charge in [-0.15, -0.1) is 0 Å². The van der Waals surface area contributed by atoms with E-state index in [9.17, 15) is 13.5 Å². The number of hydrogen-bond acceptors (Lipinski definition) is 4. The van der Waals surface area contributed by atoms with Gasteiger partial charge in [-0.1, -0.05) is 6.07 Å². The van der Waals surface area contributed by atoms with E-state index in [0.29, 0.717) is 12.8 Å². The predicted octanol–water partition coefficient (Wildman–Crippen LogP) is 1.61. The first-order valence-corrected chi connectivity index (χ1v) is 6.45. The smallest absolute Gasteiger partial charge is 0.197 e. The SMILES string of the molecule is N#CC1(S(=O)(=O)c2cccc(O)c2)CCC1. The van der Waals surface area contributed by atoms with Crippen molar-refractivity contribution in [3.8, 4) is 11.8 Å². The maximum atomic E-state index is 12.2. The van der Waals surface area contributed by atoms with Gasteiger partial charge in [0.2, 0.25) is 0 Å². The van der Waals surface area contributed by atoms with Crippen molar-refractivity contribution in [1.29, 1.82) is 5.26 Å². The summed E-state index contributed by atoms with van der Waals surface area (Å²) in [5, 5.41) is 18.3. The molecule has 5 heteroatoms. The molecule has 0 spiro atoms. The normalized spacial score (nSPS) is 18.4. The van der Waals surface area contributed by atoms with Gasteiger partial charge < -0.3 is 5.11 Å². The maximum absolute atomic E-state index is 12.2. The first-order chi connectivity index (χ1) is 7.52. The minimum Gasteiger partial charge on any atom is -0.508 e. The van der Waals surface area contributed by atoms with Crippen LogP contribution in [0.2, 0.25) is 0 Å². The second-order valence-electron chi connectivity index (χ2n) is 3.96. The summed E-state index contributed by atoms with van der Waals surface area (Å²) in [6, 6.07) is 7.37. The van der Waals surface area contributed by atoms with Crippen molar-refractivity contribution in [1.82, 2.24) is 0 Å². The fraction of sp³-hybridized carbons (Fsp3) is 0.364. The van der Waals surface area contributed by atoms with Gasteiger partial charge in [0.05, 0.1) is 11.0 Å². The summed E-state index contributed by atoms with van der Waals surface area (Å²) < 4.78 is 23.1. The van der Waals surface area contributed by atoms with Crippen LogP contribution in [0.5, 0.6) is 5.75 Å². The van der Waals surface area contributed by atoms with Crippen molar-refractivity contribution in [2.75, 3.05) is 0 Å². The molecular weight excluding hydrogens is 226 g/mol. The van der Waals surface area contributed by atoms with Crippen molar-refractivity contribution >= 4 is 9.84 Å². The summed E-state index contributed by atoms with van der Waals surface area (Å²) in [7, 11) is -3.66. The van der Waals surface area contributed by atoms with E-state index < -0.39 is 14.6 Å². The number of hydrogen-bond donors (Lipinski definition) is 1. The summed E-state index contributed by atoms with van der Waals surface area (Å²) >= 11 is 0. The number of benzene rings is 1. The molecule has 1 aromatic carbocycles. The predicted molar refractivity (Wildman–Crippen MR) is 57.5 cm³/mol. The van der Waals surface area contributed by atoms with Crippen LogP contribution in [0.1, 0.15) is 19.3 Å². The molecule has 0 amide bonds. The summed E-state index contributed by atoms with van der Waals surface area (Å²) in [6.07, 6.45) is 1.51. The Kier molecular flexibility index (Phi) is 2.39. The standard InChI is InChI=1S/C11H11NO3S/c12-8-11(5-2-6-11)16(14,15)10-4-1-3-9(13)7-10/h1,3-4,7,13H,2,5-6H2.